The topological polar surface area (TPSA) is 60.7 Å². The maximum atomic E-state index is 11.6. The van der Waals surface area contributed by atoms with Gasteiger partial charge in [-0.1, -0.05) is 16.1 Å². The second kappa shape index (κ2) is 4.54. The predicted molar refractivity (Wildman–Crippen MR) is 65.2 cm³/mol. The van der Waals surface area contributed by atoms with E-state index in [-0.39, 0.29) is 5.56 Å². The van der Waals surface area contributed by atoms with Gasteiger partial charge in [0.25, 0.3) is 5.56 Å². The molecule has 0 aliphatic rings. The normalized spacial score (nSPS) is 10.5. The van der Waals surface area contributed by atoms with Crippen molar-refractivity contribution in [3.63, 3.8) is 0 Å². The highest BCUT2D eigenvalue weighted by atomic mass is 127. The van der Waals surface area contributed by atoms with Gasteiger partial charge in [-0.05, 0) is 22.6 Å². The molecule has 2 aromatic heterocycles. The van der Waals surface area contributed by atoms with Crippen molar-refractivity contribution in [1.29, 1.82) is 0 Å². The maximum absolute atomic E-state index is 11.6. The fourth-order valence-corrected chi connectivity index (χ4v) is 2.07. The SMILES string of the molecule is O=c1c(I)cncn1Cc1nnsc1Cl. The van der Waals surface area contributed by atoms with E-state index in [1.165, 1.54) is 17.1 Å². The Morgan fingerprint density at radius 1 is 1.60 bits per heavy atom. The molecule has 8 heteroatoms. The molecule has 0 radical (unpaired) electrons. The molecule has 0 atom stereocenters. The molecule has 2 heterocycles. The zero-order chi connectivity index (χ0) is 10.8. The zero-order valence-electron chi connectivity index (χ0n) is 7.22. The van der Waals surface area contributed by atoms with E-state index in [0.717, 1.165) is 11.5 Å². The molecule has 0 aliphatic carbocycles. The van der Waals surface area contributed by atoms with Gasteiger partial charge < -0.3 is 0 Å². The Kier molecular flexibility index (Phi) is 3.32. The summed E-state index contributed by atoms with van der Waals surface area (Å²) >= 11 is 8.88. The number of halogens is 2. The number of hydrogen-bond acceptors (Lipinski definition) is 5. The predicted octanol–water partition coefficient (Wildman–Crippen LogP) is 1.40. The Bertz CT molecular complexity index is 540. The van der Waals surface area contributed by atoms with Gasteiger partial charge in [-0.25, -0.2) is 4.98 Å². The van der Waals surface area contributed by atoms with Crippen molar-refractivity contribution in [2.24, 2.45) is 0 Å². The van der Waals surface area contributed by atoms with Gasteiger partial charge in [0.05, 0.1) is 16.4 Å². The standard InChI is InChI=1S/C7H4ClIN4OS/c8-6-5(11-12-15-6)2-13-3-10-1-4(9)7(13)14/h1,3H,2H2. The second-order valence-electron chi connectivity index (χ2n) is 2.67. The summed E-state index contributed by atoms with van der Waals surface area (Å²) < 4.78 is 6.21. The number of hydrogen-bond donors (Lipinski definition) is 0. The van der Waals surface area contributed by atoms with E-state index in [4.69, 9.17) is 11.6 Å². The molecule has 2 aromatic rings. The van der Waals surface area contributed by atoms with E-state index in [1.54, 1.807) is 0 Å². The Morgan fingerprint density at radius 3 is 3.07 bits per heavy atom. The molecule has 2 rings (SSSR count). The molecule has 0 amide bonds. The first kappa shape index (κ1) is 11.0. The average Bonchev–Trinajstić information content (AvgIpc) is 2.60. The lowest BCUT2D eigenvalue weighted by atomic mass is 10.5. The third kappa shape index (κ3) is 2.34. The first-order valence-electron chi connectivity index (χ1n) is 3.85. The lowest BCUT2D eigenvalue weighted by Crippen LogP contribution is -2.23. The van der Waals surface area contributed by atoms with Crippen LogP contribution in [0.3, 0.4) is 0 Å². The summed E-state index contributed by atoms with van der Waals surface area (Å²) in [6.07, 6.45) is 2.97. The highest BCUT2D eigenvalue weighted by Crippen LogP contribution is 2.17. The first-order chi connectivity index (χ1) is 7.18. The smallest absolute Gasteiger partial charge is 0.267 e. The van der Waals surface area contributed by atoms with Crippen molar-refractivity contribution >= 4 is 45.7 Å². The van der Waals surface area contributed by atoms with E-state index in [2.05, 4.69) is 14.6 Å². The molecule has 0 spiro atoms. The minimum atomic E-state index is -0.102. The van der Waals surface area contributed by atoms with Crippen LogP contribution < -0.4 is 5.56 Å². The van der Waals surface area contributed by atoms with Gasteiger partial charge in [0, 0.05) is 17.7 Å². The maximum Gasteiger partial charge on any atom is 0.267 e. The van der Waals surface area contributed by atoms with Crippen LogP contribution in [0.25, 0.3) is 0 Å². The third-order valence-corrected chi connectivity index (χ3v) is 3.41. The van der Waals surface area contributed by atoms with E-state index in [9.17, 15) is 4.79 Å². The Morgan fingerprint density at radius 2 is 2.40 bits per heavy atom. The fraction of sp³-hybridized carbons (Fsp3) is 0.143. The van der Waals surface area contributed by atoms with Crippen molar-refractivity contribution in [3.8, 4) is 0 Å². The molecule has 0 fully saturated rings. The number of rotatable bonds is 2. The minimum absolute atomic E-state index is 0.102. The summed E-state index contributed by atoms with van der Waals surface area (Å²) in [7, 11) is 0. The van der Waals surface area contributed by atoms with Crippen molar-refractivity contribution < 1.29 is 0 Å². The summed E-state index contributed by atoms with van der Waals surface area (Å²) in [6, 6.07) is 0. The summed E-state index contributed by atoms with van der Waals surface area (Å²) in [4.78, 5) is 15.6. The van der Waals surface area contributed by atoms with E-state index in [1.807, 2.05) is 22.6 Å². The third-order valence-electron chi connectivity index (χ3n) is 1.69. The van der Waals surface area contributed by atoms with Crippen LogP contribution in [0.4, 0.5) is 0 Å². The summed E-state index contributed by atoms with van der Waals surface area (Å²) in [5.74, 6) is 0. The first-order valence-corrected chi connectivity index (χ1v) is 6.08. The summed E-state index contributed by atoms with van der Waals surface area (Å²) in [6.45, 7) is 0.304. The highest BCUT2D eigenvalue weighted by molar-refractivity contribution is 14.1. The van der Waals surface area contributed by atoms with Crippen LogP contribution in [-0.2, 0) is 6.54 Å². The summed E-state index contributed by atoms with van der Waals surface area (Å²) in [5.41, 5.74) is 0.488. The van der Waals surface area contributed by atoms with Crippen LogP contribution in [-0.4, -0.2) is 19.1 Å². The minimum Gasteiger partial charge on any atom is -0.292 e. The monoisotopic (exact) mass is 354 g/mol. The van der Waals surface area contributed by atoms with Crippen molar-refractivity contribution in [2.45, 2.75) is 6.54 Å². The van der Waals surface area contributed by atoms with Gasteiger partial charge in [0.2, 0.25) is 0 Å². The van der Waals surface area contributed by atoms with Gasteiger partial charge >= 0.3 is 0 Å². The molecule has 0 unspecified atom stereocenters. The molecular formula is C7H4ClIN4OS. The number of nitrogens with zero attached hydrogens (tertiary/aromatic N) is 4. The summed E-state index contributed by atoms with van der Waals surface area (Å²) in [5, 5.41) is 3.83. The Balaban J connectivity index is 2.37. The van der Waals surface area contributed by atoms with E-state index < -0.39 is 0 Å². The molecule has 15 heavy (non-hydrogen) atoms. The zero-order valence-corrected chi connectivity index (χ0v) is 11.0. The van der Waals surface area contributed by atoms with Gasteiger partial charge in [-0.3, -0.25) is 9.36 Å². The second-order valence-corrected chi connectivity index (χ2v) is 5.19. The van der Waals surface area contributed by atoms with Gasteiger partial charge in [-0.15, -0.1) is 5.10 Å². The van der Waals surface area contributed by atoms with Crippen LogP contribution in [0.2, 0.25) is 4.34 Å². The fourth-order valence-electron chi connectivity index (χ4n) is 0.989. The molecule has 5 nitrogen and oxygen atoms in total. The lowest BCUT2D eigenvalue weighted by molar-refractivity contribution is 0.711. The lowest BCUT2D eigenvalue weighted by Gasteiger charge is -2.01. The van der Waals surface area contributed by atoms with Crippen LogP contribution in [0, 0.1) is 3.57 Å². The molecular weight excluding hydrogens is 351 g/mol. The largest absolute Gasteiger partial charge is 0.292 e. The van der Waals surface area contributed by atoms with Crippen LogP contribution in [0.5, 0.6) is 0 Å². The van der Waals surface area contributed by atoms with Gasteiger partial charge in [-0.2, -0.15) is 0 Å². The number of aromatic nitrogens is 4. The molecule has 0 saturated heterocycles. The quantitative estimate of drug-likeness (QED) is 0.765. The Hall–Kier alpha value is -0.540. The van der Waals surface area contributed by atoms with Crippen LogP contribution in [0.1, 0.15) is 5.69 Å². The molecule has 0 aromatic carbocycles. The van der Waals surface area contributed by atoms with Crippen LogP contribution in [0.15, 0.2) is 17.3 Å². The van der Waals surface area contributed by atoms with Gasteiger partial charge in [0.1, 0.15) is 10.0 Å². The molecule has 0 bridgehead atoms. The molecule has 0 saturated carbocycles. The molecule has 0 aliphatic heterocycles. The molecule has 78 valence electrons. The van der Waals surface area contributed by atoms with Crippen LogP contribution >= 0.6 is 45.7 Å². The Labute approximate surface area is 107 Å². The van der Waals surface area contributed by atoms with Crippen molar-refractivity contribution in [3.05, 3.63) is 36.5 Å². The molecule has 0 N–H and O–H groups in total. The van der Waals surface area contributed by atoms with Gasteiger partial charge in [0.15, 0.2) is 0 Å². The average molecular weight is 355 g/mol. The van der Waals surface area contributed by atoms with E-state index in [0.29, 0.717) is 20.1 Å². The van der Waals surface area contributed by atoms with E-state index >= 15 is 0 Å². The van der Waals surface area contributed by atoms with Crippen molar-refractivity contribution in [1.82, 2.24) is 19.1 Å². The van der Waals surface area contributed by atoms with Crippen molar-refractivity contribution in [2.75, 3.05) is 0 Å². The highest BCUT2D eigenvalue weighted by Gasteiger charge is 2.08.